The van der Waals surface area contributed by atoms with Gasteiger partial charge >= 0.3 is 0 Å². The average Bonchev–Trinajstić information content (AvgIpc) is 2.90. The minimum atomic E-state index is -0.367. The molecule has 1 aliphatic rings. The number of halogens is 1. The van der Waals surface area contributed by atoms with Crippen molar-refractivity contribution in [1.29, 1.82) is 5.26 Å². The first-order valence-corrected chi connectivity index (χ1v) is 8.16. The Hall–Kier alpha value is -2.94. The molecule has 1 saturated heterocycles. The Morgan fingerprint density at radius 3 is 2.76 bits per heavy atom. The lowest BCUT2D eigenvalue weighted by atomic mass is 10.1. The predicted octanol–water partition coefficient (Wildman–Crippen LogP) is 2.92. The zero-order chi connectivity index (χ0) is 18.0. The van der Waals surface area contributed by atoms with Crippen molar-refractivity contribution in [2.24, 2.45) is 0 Å². The molecular weight excluding hydrogens is 319 g/mol. The van der Waals surface area contributed by atoms with Crippen molar-refractivity contribution in [2.75, 3.05) is 11.9 Å². The number of aryl methyl sites for hydroxylation is 2. The van der Waals surface area contributed by atoms with Gasteiger partial charge in [0.1, 0.15) is 17.9 Å². The highest BCUT2D eigenvalue weighted by molar-refractivity contribution is 5.87. The van der Waals surface area contributed by atoms with E-state index in [1.807, 2.05) is 6.92 Å². The van der Waals surface area contributed by atoms with Gasteiger partial charge in [0.05, 0.1) is 16.9 Å². The van der Waals surface area contributed by atoms with Crippen LogP contribution in [0.4, 0.5) is 10.1 Å². The number of likely N-dealkylation sites (tertiary alicyclic amines) is 1. The topological polar surface area (TPSA) is 69.0 Å². The van der Waals surface area contributed by atoms with E-state index >= 15 is 0 Å². The summed E-state index contributed by atoms with van der Waals surface area (Å²) in [6.07, 6.45) is 0.658. The van der Waals surface area contributed by atoms with E-state index in [0.29, 0.717) is 36.5 Å². The van der Waals surface area contributed by atoms with Crippen molar-refractivity contribution in [3.63, 3.8) is 0 Å². The lowest BCUT2D eigenvalue weighted by Crippen LogP contribution is -2.33. The number of amides is 1. The Labute approximate surface area is 146 Å². The normalized spacial score (nSPS) is 16.8. The summed E-state index contributed by atoms with van der Waals surface area (Å²) >= 11 is 0. The van der Waals surface area contributed by atoms with Gasteiger partial charge in [-0.05, 0) is 44.0 Å². The van der Waals surface area contributed by atoms with Crippen LogP contribution < -0.4 is 5.32 Å². The molecule has 128 valence electrons. The van der Waals surface area contributed by atoms with Gasteiger partial charge in [-0.25, -0.2) is 4.39 Å². The van der Waals surface area contributed by atoms with Gasteiger partial charge in [-0.2, -0.15) is 5.26 Å². The minimum Gasteiger partial charge on any atom is -0.372 e. The fourth-order valence-electron chi connectivity index (χ4n) is 3.11. The molecular formula is C19H19FN4O. The molecule has 1 aromatic heterocycles. The standard InChI is InChI=1S/C19H19FN4O/c1-12-9-18(16(10-21)13(2)22-12)23-17-7-8-24(19(17)25)11-14-3-5-15(20)6-4-14/h3-6,9,17H,7-8,11H2,1-2H3,(H,22,23). The SMILES string of the molecule is Cc1cc(NC2CCN(Cc3ccc(F)cc3)C2=O)c(C#N)c(C)n1. The summed E-state index contributed by atoms with van der Waals surface area (Å²) in [7, 11) is 0. The van der Waals surface area contributed by atoms with Crippen molar-refractivity contribution in [1.82, 2.24) is 9.88 Å². The van der Waals surface area contributed by atoms with E-state index in [2.05, 4.69) is 16.4 Å². The molecule has 1 aromatic carbocycles. The fourth-order valence-corrected chi connectivity index (χ4v) is 3.11. The van der Waals surface area contributed by atoms with E-state index in [9.17, 15) is 14.4 Å². The van der Waals surface area contributed by atoms with Crippen molar-refractivity contribution in [2.45, 2.75) is 32.9 Å². The second-order valence-electron chi connectivity index (χ2n) is 6.26. The third-order valence-corrected chi connectivity index (χ3v) is 4.35. The van der Waals surface area contributed by atoms with Gasteiger partial charge in [-0.1, -0.05) is 12.1 Å². The van der Waals surface area contributed by atoms with Crippen LogP contribution in [0.2, 0.25) is 0 Å². The maximum Gasteiger partial charge on any atom is 0.245 e. The first kappa shape index (κ1) is 16.9. The number of hydrogen-bond acceptors (Lipinski definition) is 4. The lowest BCUT2D eigenvalue weighted by molar-refractivity contribution is -0.128. The Morgan fingerprint density at radius 1 is 1.36 bits per heavy atom. The number of nitriles is 1. The Balaban J connectivity index is 1.73. The number of aromatic nitrogens is 1. The molecule has 0 aliphatic carbocycles. The Bertz CT molecular complexity index is 842. The third kappa shape index (κ3) is 3.61. The Morgan fingerprint density at radius 2 is 2.08 bits per heavy atom. The highest BCUT2D eigenvalue weighted by atomic mass is 19.1. The number of pyridine rings is 1. The molecule has 5 nitrogen and oxygen atoms in total. The number of nitrogens with one attached hydrogen (secondary N) is 1. The maximum absolute atomic E-state index is 13.0. The largest absolute Gasteiger partial charge is 0.372 e. The molecule has 6 heteroatoms. The number of hydrogen-bond donors (Lipinski definition) is 1. The highest BCUT2D eigenvalue weighted by Crippen LogP contribution is 2.24. The fraction of sp³-hybridized carbons (Fsp3) is 0.316. The van der Waals surface area contributed by atoms with Crippen molar-refractivity contribution < 1.29 is 9.18 Å². The summed E-state index contributed by atoms with van der Waals surface area (Å²) in [6.45, 7) is 4.72. The molecule has 3 rings (SSSR count). The number of benzene rings is 1. The van der Waals surface area contributed by atoms with Gasteiger partial charge in [0, 0.05) is 18.8 Å². The van der Waals surface area contributed by atoms with Gasteiger partial charge < -0.3 is 10.2 Å². The van der Waals surface area contributed by atoms with E-state index in [0.717, 1.165) is 11.3 Å². The van der Waals surface area contributed by atoms with Gasteiger partial charge in [0.2, 0.25) is 5.91 Å². The lowest BCUT2D eigenvalue weighted by Gasteiger charge is -2.18. The molecule has 2 aromatic rings. The van der Waals surface area contributed by atoms with E-state index in [-0.39, 0.29) is 17.8 Å². The van der Waals surface area contributed by atoms with E-state index in [4.69, 9.17) is 0 Å². The van der Waals surface area contributed by atoms with Crippen LogP contribution in [0.25, 0.3) is 0 Å². The third-order valence-electron chi connectivity index (χ3n) is 4.35. The van der Waals surface area contributed by atoms with E-state index < -0.39 is 0 Å². The molecule has 0 saturated carbocycles. The summed E-state index contributed by atoms with van der Waals surface area (Å²) in [5, 5.41) is 12.5. The minimum absolute atomic E-state index is 0.0136. The van der Waals surface area contributed by atoms with Crippen molar-refractivity contribution >= 4 is 11.6 Å². The first-order valence-electron chi connectivity index (χ1n) is 8.16. The molecule has 1 unspecified atom stereocenters. The van der Waals surface area contributed by atoms with Crippen LogP contribution in [0.1, 0.15) is 28.9 Å². The highest BCUT2D eigenvalue weighted by Gasteiger charge is 2.32. The number of anilines is 1. The molecule has 1 amide bonds. The number of carbonyl (C=O) groups excluding carboxylic acids is 1. The number of rotatable bonds is 4. The van der Waals surface area contributed by atoms with E-state index in [1.54, 1.807) is 30.0 Å². The molecule has 1 atom stereocenters. The van der Waals surface area contributed by atoms with Crippen LogP contribution in [0, 0.1) is 31.0 Å². The molecule has 2 heterocycles. The molecule has 0 bridgehead atoms. The van der Waals surface area contributed by atoms with Crippen LogP contribution in [0.3, 0.4) is 0 Å². The monoisotopic (exact) mass is 338 g/mol. The van der Waals surface area contributed by atoms with Crippen molar-refractivity contribution in [3.05, 3.63) is 58.7 Å². The summed E-state index contributed by atoms with van der Waals surface area (Å²) < 4.78 is 13.0. The number of carbonyl (C=O) groups is 1. The van der Waals surface area contributed by atoms with Crippen LogP contribution in [0.5, 0.6) is 0 Å². The summed E-state index contributed by atoms with van der Waals surface area (Å²) in [4.78, 5) is 18.7. The molecule has 1 N–H and O–H groups in total. The molecule has 1 fully saturated rings. The van der Waals surface area contributed by atoms with Crippen LogP contribution in [-0.4, -0.2) is 28.4 Å². The summed E-state index contributed by atoms with van der Waals surface area (Å²) in [5.41, 5.74) is 3.46. The summed E-state index contributed by atoms with van der Waals surface area (Å²) in [5.74, 6) is -0.302. The molecule has 0 radical (unpaired) electrons. The Kier molecular flexibility index (Phi) is 4.66. The van der Waals surface area contributed by atoms with Crippen LogP contribution >= 0.6 is 0 Å². The van der Waals surface area contributed by atoms with Gasteiger partial charge in [0.25, 0.3) is 0 Å². The smallest absolute Gasteiger partial charge is 0.245 e. The second-order valence-corrected chi connectivity index (χ2v) is 6.26. The predicted molar refractivity (Wildman–Crippen MR) is 92.3 cm³/mol. The van der Waals surface area contributed by atoms with Crippen LogP contribution in [-0.2, 0) is 11.3 Å². The average molecular weight is 338 g/mol. The number of nitrogens with zero attached hydrogens (tertiary/aromatic N) is 3. The maximum atomic E-state index is 13.0. The van der Waals surface area contributed by atoms with Gasteiger partial charge in [-0.3, -0.25) is 9.78 Å². The zero-order valence-corrected chi connectivity index (χ0v) is 14.2. The van der Waals surface area contributed by atoms with Crippen LogP contribution in [0.15, 0.2) is 30.3 Å². The van der Waals surface area contributed by atoms with E-state index in [1.165, 1.54) is 12.1 Å². The van der Waals surface area contributed by atoms with Gasteiger partial charge in [-0.15, -0.1) is 0 Å². The molecule has 25 heavy (non-hydrogen) atoms. The quantitative estimate of drug-likeness (QED) is 0.931. The zero-order valence-electron chi connectivity index (χ0n) is 14.2. The van der Waals surface area contributed by atoms with Gasteiger partial charge in [0.15, 0.2) is 0 Å². The molecule has 0 spiro atoms. The van der Waals surface area contributed by atoms with Crippen molar-refractivity contribution in [3.8, 4) is 6.07 Å². The first-order chi connectivity index (χ1) is 12.0. The second kappa shape index (κ2) is 6.89. The molecule has 1 aliphatic heterocycles. The summed E-state index contributed by atoms with van der Waals surface area (Å²) in [6, 6.07) is 9.74.